The summed E-state index contributed by atoms with van der Waals surface area (Å²) in [5.74, 6) is 0. The summed E-state index contributed by atoms with van der Waals surface area (Å²) < 4.78 is 28.9. The van der Waals surface area contributed by atoms with E-state index in [4.69, 9.17) is 0 Å². The average Bonchev–Trinajstić information content (AvgIpc) is 2.32. The van der Waals surface area contributed by atoms with Gasteiger partial charge in [0.2, 0.25) is 10.0 Å². The third-order valence-electron chi connectivity index (χ3n) is 3.66. The van der Waals surface area contributed by atoms with E-state index in [0.717, 1.165) is 15.6 Å². The van der Waals surface area contributed by atoms with Crippen molar-refractivity contribution in [1.29, 1.82) is 0 Å². The minimum Gasteiger partial charge on any atom is -0.316 e. The molecule has 0 aliphatic carbocycles. The molecule has 1 aromatic carbocycles. The molecule has 2 N–H and O–H groups in total. The number of benzene rings is 1. The van der Waals surface area contributed by atoms with Gasteiger partial charge < -0.3 is 5.32 Å². The van der Waals surface area contributed by atoms with E-state index in [9.17, 15) is 8.42 Å². The fraction of sp³-hybridized carbons (Fsp3) is 0.600. The molecular formula is C15H25BrN2O2S. The monoisotopic (exact) mass is 376 g/mol. The fourth-order valence-electron chi connectivity index (χ4n) is 1.77. The molecule has 1 aromatic rings. The van der Waals surface area contributed by atoms with Crippen LogP contribution in [0.1, 0.15) is 38.8 Å². The van der Waals surface area contributed by atoms with E-state index in [1.807, 2.05) is 47.7 Å². The molecular weight excluding hydrogens is 352 g/mol. The van der Waals surface area contributed by atoms with Gasteiger partial charge >= 0.3 is 0 Å². The van der Waals surface area contributed by atoms with Gasteiger partial charge in [-0.25, -0.2) is 13.1 Å². The van der Waals surface area contributed by atoms with E-state index in [2.05, 4.69) is 26.0 Å². The van der Waals surface area contributed by atoms with Crippen molar-refractivity contribution >= 4 is 26.0 Å². The van der Waals surface area contributed by atoms with Crippen molar-refractivity contribution in [1.82, 2.24) is 10.0 Å². The quantitative estimate of drug-likeness (QED) is 0.829. The maximum Gasteiger partial charge on any atom is 0.241 e. The van der Waals surface area contributed by atoms with Crippen molar-refractivity contribution in [2.24, 2.45) is 5.41 Å². The van der Waals surface area contributed by atoms with Crippen LogP contribution < -0.4 is 10.0 Å². The second-order valence-corrected chi connectivity index (χ2v) is 8.98. The number of nitrogens with one attached hydrogen (secondary N) is 2. The van der Waals surface area contributed by atoms with Gasteiger partial charge in [-0.3, -0.25) is 0 Å². The fourth-order valence-corrected chi connectivity index (χ4v) is 4.17. The van der Waals surface area contributed by atoms with Gasteiger partial charge in [-0.1, -0.05) is 36.7 Å². The van der Waals surface area contributed by atoms with Crippen LogP contribution in [0.25, 0.3) is 0 Å². The predicted molar refractivity (Wildman–Crippen MR) is 90.9 cm³/mol. The molecule has 21 heavy (non-hydrogen) atoms. The average molecular weight is 377 g/mol. The normalized spacial score (nSPS) is 14.2. The van der Waals surface area contributed by atoms with Crippen molar-refractivity contribution in [2.45, 2.75) is 52.1 Å². The molecule has 0 saturated heterocycles. The van der Waals surface area contributed by atoms with E-state index >= 15 is 0 Å². The van der Waals surface area contributed by atoms with Crippen LogP contribution in [-0.4, -0.2) is 21.5 Å². The first-order chi connectivity index (χ1) is 9.49. The van der Waals surface area contributed by atoms with Gasteiger partial charge in [-0.2, -0.15) is 0 Å². The molecule has 1 unspecified atom stereocenters. The molecule has 0 saturated carbocycles. The summed E-state index contributed by atoms with van der Waals surface area (Å²) >= 11 is 3.45. The first kappa shape index (κ1) is 18.6. The molecule has 0 bridgehead atoms. The van der Waals surface area contributed by atoms with Gasteiger partial charge in [0.05, 0.1) is 4.90 Å². The van der Waals surface area contributed by atoms with E-state index < -0.39 is 10.0 Å². The Labute approximate surface area is 136 Å². The number of sulfonamides is 1. The molecule has 0 radical (unpaired) electrons. The molecule has 0 aromatic heterocycles. The first-order valence-corrected chi connectivity index (χ1v) is 9.22. The first-order valence-electron chi connectivity index (χ1n) is 6.95. The lowest BCUT2D eigenvalue weighted by atomic mass is 9.89. The van der Waals surface area contributed by atoms with Crippen LogP contribution in [0.5, 0.6) is 0 Å². The summed E-state index contributed by atoms with van der Waals surface area (Å²) in [4.78, 5) is 0.332. The summed E-state index contributed by atoms with van der Waals surface area (Å²) in [7, 11) is -1.71. The molecule has 0 fully saturated rings. The van der Waals surface area contributed by atoms with Gasteiger partial charge in [-0.05, 0) is 49.6 Å². The SMILES string of the molecule is CNCc1cc(Br)c(C)c(S(=O)(=O)NC(C)C(C)(C)C)c1. The maximum atomic E-state index is 12.7. The van der Waals surface area contributed by atoms with E-state index in [1.165, 1.54) is 0 Å². The Bertz CT molecular complexity index is 607. The maximum absolute atomic E-state index is 12.7. The van der Waals surface area contributed by atoms with Gasteiger partial charge in [0.25, 0.3) is 0 Å². The summed E-state index contributed by atoms with van der Waals surface area (Å²) in [6.07, 6.45) is 0. The smallest absolute Gasteiger partial charge is 0.241 e. The summed E-state index contributed by atoms with van der Waals surface area (Å²) in [6, 6.07) is 3.51. The van der Waals surface area contributed by atoms with Crippen LogP contribution in [0.15, 0.2) is 21.5 Å². The molecule has 1 atom stereocenters. The van der Waals surface area contributed by atoms with Crippen LogP contribution in [-0.2, 0) is 16.6 Å². The second-order valence-electron chi connectivity index (χ2n) is 6.44. The topological polar surface area (TPSA) is 58.2 Å². The minimum absolute atomic E-state index is 0.138. The Morgan fingerprint density at radius 3 is 2.33 bits per heavy atom. The zero-order valence-electron chi connectivity index (χ0n) is 13.5. The minimum atomic E-state index is -3.54. The molecule has 0 aliphatic heterocycles. The summed E-state index contributed by atoms with van der Waals surface area (Å²) in [5, 5.41) is 3.04. The van der Waals surface area contributed by atoms with Gasteiger partial charge in [0.15, 0.2) is 0 Å². The Morgan fingerprint density at radius 2 is 1.86 bits per heavy atom. The van der Waals surface area contributed by atoms with Crippen molar-refractivity contribution in [3.63, 3.8) is 0 Å². The Hall–Kier alpha value is -0.430. The zero-order valence-corrected chi connectivity index (χ0v) is 15.9. The molecule has 4 nitrogen and oxygen atoms in total. The second kappa shape index (κ2) is 6.77. The molecule has 1 rings (SSSR count). The van der Waals surface area contributed by atoms with Crippen molar-refractivity contribution in [2.75, 3.05) is 7.05 Å². The standard InChI is InChI=1S/C15H25BrN2O2S/c1-10-13(16)7-12(9-17-6)8-14(10)21(19,20)18-11(2)15(3,4)5/h7-8,11,17-18H,9H2,1-6H3. The number of rotatable bonds is 5. The Morgan fingerprint density at radius 1 is 1.29 bits per heavy atom. The van der Waals surface area contributed by atoms with Crippen LogP contribution in [0, 0.1) is 12.3 Å². The van der Waals surface area contributed by atoms with Crippen molar-refractivity contribution < 1.29 is 8.42 Å². The molecule has 0 heterocycles. The van der Waals surface area contributed by atoms with Gasteiger partial charge in [0, 0.05) is 17.1 Å². The zero-order chi connectivity index (χ0) is 16.4. The van der Waals surface area contributed by atoms with Crippen LogP contribution in [0.4, 0.5) is 0 Å². The largest absolute Gasteiger partial charge is 0.316 e. The lowest BCUT2D eigenvalue weighted by Crippen LogP contribution is -2.41. The Kier molecular flexibility index (Phi) is 6.00. The Balaban J connectivity index is 3.25. The molecule has 0 amide bonds. The van der Waals surface area contributed by atoms with Gasteiger partial charge in [-0.15, -0.1) is 0 Å². The van der Waals surface area contributed by atoms with E-state index in [-0.39, 0.29) is 11.5 Å². The van der Waals surface area contributed by atoms with Crippen LogP contribution in [0.2, 0.25) is 0 Å². The molecule has 120 valence electrons. The summed E-state index contributed by atoms with van der Waals surface area (Å²) in [5.41, 5.74) is 1.52. The van der Waals surface area contributed by atoms with E-state index in [0.29, 0.717) is 11.4 Å². The third-order valence-corrected chi connectivity index (χ3v) is 6.15. The lowest BCUT2D eigenvalue weighted by Gasteiger charge is -2.28. The highest BCUT2D eigenvalue weighted by atomic mass is 79.9. The molecule has 0 aliphatic rings. The number of hydrogen-bond donors (Lipinski definition) is 2. The van der Waals surface area contributed by atoms with Crippen LogP contribution >= 0.6 is 15.9 Å². The highest BCUT2D eigenvalue weighted by Gasteiger charge is 2.27. The predicted octanol–water partition coefficient (Wildman–Crippen LogP) is 3.19. The highest BCUT2D eigenvalue weighted by molar-refractivity contribution is 9.10. The van der Waals surface area contributed by atoms with E-state index in [1.54, 1.807) is 6.07 Å². The molecule has 0 spiro atoms. The summed E-state index contributed by atoms with van der Waals surface area (Å²) in [6.45, 7) is 10.4. The van der Waals surface area contributed by atoms with Crippen molar-refractivity contribution in [3.8, 4) is 0 Å². The number of halogens is 1. The van der Waals surface area contributed by atoms with Gasteiger partial charge in [0.1, 0.15) is 0 Å². The molecule has 6 heteroatoms. The number of hydrogen-bond acceptors (Lipinski definition) is 3. The lowest BCUT2D eigenvalue weighted by molar-refractivity contribution is 0.317. The third kappa shape index (κ3) is 4.77. The van der Waals surface area contributed by atoms with Crippen LogP contribution in [0.3, 0.4) is 0 Å². The van der Waals surface area contributed by atoms with Crippen molar-refractivity contribution in [3.05, 3.63) is 27.7 Å². The highest BCUT2D eigenvalue weighted by Crippen LogP contribution is 2.27.